The maximum absolute atomic E-state index is 14.4. The zero-order valence-corrected chi connectivity index (χ0v) is 26.6. The van der Waals surface area contributed by atoms with Crippen LogP contribution in [0.4, 0.5) is 4.79 Å². The van der Waals surface area contributed by atoms with Gasteiger partial charge in [0.1, 0.15) is 23.4 Å². The van der Waals surface area contributed by atoms with Crippen molar-refractivity contribution in [3.8, 4) is 5.75 Å². The van der Waals surface area contributed by atoms with Crippen LogP contribution in [-0.4, -0.2) is 86.3 Å². The molecule has 1 saturated heterocycles. The molecule has 4 amide bonds. The molecule has 2 aromatic rings. The van der Waals surface area contributed by atoms with Crippen molar-refractivity contribution in [3.63, 3.8) is 0 Å². The molecule has 2 aromatic carbocycles. The fourth-order valence-electron chi connectivity index (χ4n) is 5.20. The Morgan fingerprint density at radius 2 is 1.73 bits per heavy atom. The summed E-state index contributed by atoms with van der Waals surface area (Å²) in [6.07, 6.45) is 0.591. The van der Waals surface area contributed by atoms with E-state index >= 15 is 0 Å². The Labute approximate surface area is 259 Å². The highest BCUT2D eigenvalue weighted by atomic mass is 16.6. The second kappa shape index (κ2) is 15.1. The van der Waals surface area contributed by atoms with Crippen LogP contribution in [0.5, 0.6) is 5.75 Å². The first-order chi connectivity index (χ1) is 20.7. The molecular formula is C33H46N4O7. The van der Waals surface area contributed by atoms with Gasteiger partial charge in [0, 0.05) is 17.7 Å². The number of amides is 4. The Bertz CT molecular complexity index is 1310. The molecule has 0 spiro atoms. The maximum atomic E-state index is 14.4. The summed E-state index contributed by atoms with van der Waals surface area (Å²) in [5.74, 6) is -1.65. The van der Waals surface area contributed by atoms with Crippen LogP contribution in [-0.2, 0) is 20.9 Å². The van der Waals surface area contributed by atoms with E-state index in [0.717, 1.165) is 5.56 Å². The third kappa shape index (κ3) is 8.95. The van der Waals surface area contributed by atoms with E-state index in [-0.39, 0.29) is 36.7 Å². The van der Waals surface area contributed by atoms with Gasteiger partial charge in [0.05, 0.1) is 19.7 Å². The molecule has 2 atom stereocenters. The molecule has 1 heterocycles. The molecule has 240 valence electrons. The van der Waals surface area contributed by atoms with Crippen molar-refractivity contribution < 1.29 is 34.1 Å². The van der Waals surface area contributed by atoms with Crippen molar-refractivity contribution in [3.05, 3.63) is 65.2 Å². The molecule has 11 heteroatoms. The number of likely N-dealkylation sites (tertiary alicyclic amines) is 1. The molecule has 3 rings (SSSR count). The maximum Gasteiger partial charge on any atom is 0.410 e. The van der Waals surface area contributed by atoms with Gasteiger partial charge in [-0.2, -0.15) is 0 Å². The Kier molecular flexibility index (Phi) is 11.8. The van der Waals surface area contributed by atoms with Crippen LogP contribution in [0.25, 0.3) is 0 Å². The van der Waals surface area contributed by atoms with Crippen LogP contribution >= 0.6 is 0 Å². The van der Waals surface area contributed by atoms with Crippen LogP contribution in [0.15, 0.2) is 48.5 Å². The highest BCUT2D eigenvalue weighted by Crippen LogP contribution is 2.25. The Balaban J connectivity index is 2.00. The van der Waals surface area contributed by atoms with E-state index in [2.05, 4.69) is 5.32 Å². The number of phenolic OH excluding ortho intramolecular Hbond substituents is 1. The summed E-state index contributed by atoms with van der Waals surface area (Å²) in [7, 11) is 0. The van der Waals surface area contributed by atoms with E-state index < -0.39 is 48.1 Å². The summed E-state index contributed by atoms with van der Waals surface area (Å²) in [6, 6.07) is 11.8. The third-order valence-electron chi connectivity index (χ3n) is 7.31. The highest BCUT2D eigenvalue weighted by Gasteiger charge is 2.42. The minimum atomic E-state index is -1.03. The topological polar surface area (TPSA) is 140 Å². The lowest BCUT2D eigenvalue weighted by Gasteiger charge is -2.39. The number of aliphatic hydroxyl groups is 1. The molecule has 0 aromatic heterocycles. The molecule has 44 heavy (non-hydrogen) atoms. The lowest BCUT2D eigenvalue weighted by atomic mass is 10.0. The average Bonchev–Trinajstić information content (AvgIpc) is 3.45. The van der Waals surface area contributed by atoms with Gasteiger partial charge in [-0.25, -0.2) is 14.8 Å². The smallest absolute Gasteiger partial charge is 0.410 e. The number of ether oxygens (including phenoxy) is 1. The van der Waals surface area contributed by atoms with Crippen LogP contribution in [0.3, 0.4) is 0 Å². The predicted octanol–water partition coefficient (Wildman–Crippen LogP) is 4.01. The second-order valence-corrected chi connectivity index (χ2v) is 12.5. The van der Waals surface area contributed by atoms with E-state index in [1.807, 2.05) is 44.2 Å². The molecule has 11 nitrogen and oxygen atoms in total. The number of hydrogen-bond donors (Lipinski definition) is 3. The van der Waals surface area contributed by atoms with Crippen molar-refractivity contribution in [2.24, 2.45) is 5.92 Å². The number of carbonyl (C=O) groups excluding carboxylic acids is 4. The van der Waals surface area contributed by atoms with Gasteiger partial charge in [0.15, 0.2) is 0 Å². The summed E-state index contributed by atoms with van der Waals surface area (Å²) in [5, 5.41) is 25.5. The SMILES string of the molecule is Cc1c(O)cccc1C(=O)NC(CC(C)C)C(=O)N(Cc1ccccc1)N(CCO)C(=O)C1CCCN1C(=O)OC(C)(C)C. The van der Waals surface area contributed by atoms with E-state index in [1.165, 1.54) is 21.0 Å². The van der Waals surface area contributed by atoms with Gasteiger partial charge < -0.3 is 20.3 Å². The Hall–Kier alpha value is -4.12. The minimum absolute atomic E-state index is 0.00687. The summed E-state index contributed by atoms with van der Waals surface area (Å²) in [6.45, 7) is 10.4. The van der Waals surface area contributed by atoms with Gasteiger partial charge in [0.2, 0.25) is 0 Å². The highest BCUT2D eigenvalue weighted by molar-refractivity contribution is 5.99. The molecule has 1 fully saturated rings. The molecule has 0 bridgehead atoms. The fraction of sp³-hybridized carbons (Fsp3) is 0.515. The molecule has 2 unspecified atom stereocenters. The number of nitrogens with zero attached hydrogens (tertiary/aromatic N) is 3. The first-order valence-corrected chi connectivity index (χ1v) is 15.1. The number of nitrogens with one attached hydrogen (secondary N) is 1. The van der Waals surface area contributed by atoms with Crippen molar-refractivity contribution in [1.82, 2.24) is 20.2 Å². The average molecular weight is 611 g/mol. The Morgan fingerprint density at radius 3 is 2.34 bits per heavy atom. The van der Waals surface area contributed by atoms with Crippen molar-refractivity contribution in [2.45, 2.75) is 85.0 Å². The molecule has 0 saturated carbocycles. The zero-order chi connectivity index (χ0) is 32.6. The molecule has 0 aliphatic carbocycles. The van der Waals surface area contributed by atoms with E-state index in [4.69, 9.17) is 4.74 Å². The van der Waals surface area contributed by atoms with Crippen molar-refractivity contribution in [1.29, 1.82) is 0 Å². The second-order valence-electron chi connectivity index (χ2n) is 12.5. The largest absolute Gasteiger partial charge is 0.508 e. The number of benzene rings is 2. The summed E-state index contributed by atoms with van der Waals surface area (Å²) in [4.78, 5) is 56.4. The number of aliphatic hydroxyl groups excluding tert-OH is 1. The number of hydrazine groups is 1. The number of aromatic hydroxyl groups is 1. The number of phenols is 1. The molecule has 1 aliphatic heterocycles. The van der Waals surface area contributed by atoms with E-state index in [0.29, 0.717) is 24.9 Å². The molecule has 3 N–H and O–H groups in total. The summed E-state index contributed by atoms with van der Waals surface area (Å²) >= 11 is 0. The number of carbonyl (C=O) groups is 4. The van der Waals surface area contributed by atoms with E-state index in [9.17, 15) is 29.4 Å². The minimum Gasteiger partial charge on any atom is -0.508 e. The third-order valence-corrected chi connectivity index (χ3v) is 7.31. The standard InChI is InChI=1S/C33H46N4O7/c1-22(2)20-26(34-29(40)25-14-10-16-28(39)23(25)3)30(41)37(21-24-12-8-7-9-13-24)36(18-19-38)31(42)27-15-11-17-35(27)32(43)44-33(4,5)6/h7-10,12-14,16,22,26-27,38-39H,11,15,17-21H2,1-6H3,(H,34,40). The fourth-order valence-corrected chi connectivity index (χ4v) is 5.20. The summed E-state index contributed by atoms with van der Waals surface area (Å²) in [5.41, 5.74) is 0.570. The Morgan fingerprint density at radius 1 is 1.05 bits per heavy atom. The number of hydrogen-bond acceptors (Lipinski definition) is 7. The first-order valence-electron chi connectivity index (χ1n) is 15.1. The van der Waals surface area contributed by atoms with Gasteiger partial charge in [-0.05, 0) is 70.6 Å². The van der Waals surface area contributed by atoms with Gasteiger partial charge in [0.25, 0.3) is 17.7 Å². The van der Waals surface area contributed by atoms with Gasteiger partial charge in [-0.15, -0.1) is 0 Å². The summed E-state index contributed by atoms with van der Waals surface area (Å²) < 4.78 is 5.55. The quantitative estimate of drug-likeness (QED) is 0.346. The molecular weight excluding hydrogens is 564 g/mol. The molecule has 0 radical (unpaired) electrons. The lowest BCUT2D eigenvalue weighted by Crippen LogP contribution is -2.60. The van der Waals surface area contributed by atoms with Crippen LogP contribution in [0, 0.1) is 12.8 Å². The van der Waals surface area contributed by atoms with Crippen LogP contribution in [0.2, 0.25) is 0 Å². The lowest BCUT2D eigenvalue weighted by molar-refractivity contribution is -0.170. The van der Waals surface area contributed by atoms with Crippen molar-refractivity contribution in [2.75, 3.05) is 19.7 Å². The predicted molar refractivity (Wildman–Crippen MR) is 165 cm³/mol. The first kappa shape index (κ1) is 34.4. The monoisotopic (exact) mass is 610 g/mol. The van der Waals surface area contributed by atoms with Gasteiger partial charge in [-0.3, -0.25) is 19.3 Å². The van der Waals surface area contributed by atoms with E-state index in [1.54, 1.807) is 39.8 Å². The molecule has 1 aliphatic rings. The zero-order valence-electron chi connectivity index (χ0n) is 26.6. The van der Waals surface area contributed by atoms with Crippen molar-refractivity contribution >= 4 is 23.8 Å². The normalized spacial score (nSPS) is 15.5. The van der Waals surface area contributed by atoms with Gasteiger partial charge in [-0.1, -0.05) is 50.2 Å². The van der Waals surface area contributed by atoms with Gasteiger partial charge >= 0.3 is 6.09 Å². The van der Waals surface area contributed by atoms with Crippen LogP contribution < -0.4 is 5.32 Å². The number of rotatable bonds is 10. The van der Waals surface area contributed by atoms with Crippen LogP contribution in [0.1, 0.15) is 75.4 Å².